The average molecular weight is 427 g/mol. The van der Waals surface area contributed by atoms with E-state index in [-0.39, 0.29) is 35.9 Å². The predicted molar refractivity (Wildman–Crippen MR) is 103 cm³/mol. The fourth-order valence-corrected chi connectivity index (χ4v) is 3.14. The van der Waals surface area contributed by atoms with Crippen molar-refractivity contribution in [3.63, 3.8) is 0 Å². The Labute approximate surface area is 168 Å². The van der Waals surface area contributed by atoms with Crippen molar-refractivity contribution >= 4 is 22.5 Å². The molecule has 29 heavy (non-hydrogen) atoms. The summed E-state index contributed by atoms with van der Waals surface area (Å²) in [7, 11) is 0. The molecule has 0 bridgehead atoms. The molecule has 3 aromatic rings. The van der Waals surface area contributed by atoms with Gasteiger partial charge in [0.15, 0.2) is 0 Å². The van der Waals surface area contributed by atoms with Crippen molar-refractivity contribution in [3.8, 4) is 0 Å². The number of aromatic nitrogens is 3. The molecule has 3 N–H and O–H groups in total. The van der Waals surface area contributed by atoms with E-state index in [0.29, 0.717) is 22.3 Å². The van der Waals surface area contributed by atoms with Gasteiger partial charge in [-0.3, -0.25) is 4.79 Å². The molecule has 10 heteroatoms. The number of hydrogen-bond donors (Lipinski definition) is 2. The minimum absolute atomic E-state index is 0.00815. The summed E-state index contributed by atoms with van der Waals surface area (Å²) in [5.74, 6) is 0.336. The van der Waals surface area contributed by atoms with E-state index in [1.54, 1.807) is 13.0 Å². The molecular formula is C19H18ClF3N4O2. The summed E-state index contributed by atoms with van der Waals surface area (Å²) in [5, 5.41) is 0.476. The highest BCUT2D eigenvalue weighted by atomic mass is 35.5. The van der Waals surface area contributed by atoms with Crippen molar-refractivity contribution < 1.29 is 17.9 Å². The third-order valence-corrected chi connectivity index (χ3v) is 4.55. The zero-order valence-corrected chi connectivity index (χ0v) is 16.1. The summed E-state index contributed by atoms with van der Waals surface area (Å²) in [6.45, 7) is 1.41. The van der Waals surface area contributed by atoms with E-state index in [1.165, 1.54) is 18.3 Å². The van der Waals surface area contributed by atoms with Gasteiger partial charge in [0.05, 0.1) is 35.9 Å². The van der Waals surface area contributed by atoms with Crippen molar-refractivity contribution in [1.82, 2.24) is 15.0 Å². The fraction of sp³-hybridized carbons (Fsp3) is 0.316. The molecule has 3 rings (SSSR count). The van der Waals surface area contributed by atoms with E-state index in [9.17, 15) is 18.0 Å². The molecule has 1 atom stereocenters. The Balaban J connectivity index is 1.73. The first kappa shape index (κ1) is 21.2. The van der Waals surface area contributed by atoms with Crippen LogP contribution in [0.5, 0.6) is 0 Å². The largest absolute Gasteiger partial charge is 0.416 e. The van der Waals surface area contributed by atoms with Crippen molar-refractivity contribution in [3.05, 3.63) is 68.5 Å². The van der Waals surface area contributed by atoms with Crippen molar-refractivity contribution in [2.45, 2.75) is 32.2 Å². The maximum Gasteiger partial charge on any atom is 0.416 e. The van der Waals surface area contributed by atoms with Crippen LogP contribution in [0.15, 0.2) is 35.3 Å². The molecule has 0 aliphatic carbocycles. The second-order valence-electron chi connectivity index (χ2n) is 6.50. The van der Waals surface area contributed by atoms with Crippen LogP contribution in [0.3, 0.4) is 0 Å². The van der Waals surface area contributed by atoms with Gasteiger partial charge in [0, 0.05) is 12.5 Å². The van der Waals surface area contributed by atoms with Crippen molar-refractivity contribution in [2.24, 2.45) is 5.73 Å². The Morgan fingerprint density at radius 2 is 2.10 bits per heavy atom. The standard InChI is InChI=1S/C19H18ClF3N4O2/c1-10(24)11-3-2-4-14(19(21,22)23)13(11)9-29-6-5-17-26-15-8-25-16(20)7-12(15)18(28)27-17/h2-4,7-8,10H,5-6,9,24H2,1H3,(H,26,27,28)/t10-/m1/s1. The number of alkyl halides is 3. The van der Waals surface area contributed by atoms with Crippen LogP contribution >= 0.6 is 11.6 Å². The van der Waals surface area contributed by atoms with Gasteiger partial charge in [0.25, 0.3) is 5.56 Å². The molecule has 6 nitrogen and oxygen atoms in total. The molecule has 0 aliphatic rings. The summed E-state index contributed by atoms with van der Waals surface area (Å²) >= 11 is 5.77. The molecule has 2 aromatic heterocycles. The number of pyridine rings is 1. The van der Waals surface area contributed by atoms with Gasteiger partial charge in [-0.1, -0.05) is 23.7 Å². The number of hydrogen-bond acceptors (Lipinski definition) is 5. The zero-order chi connectivity index (χ0) is 21.2. The first-order chi connectivity index (χ1) is 13.7. The zero-order valence-electron chi connectivity index (χ0n) is 15.4. The van der Waals surface area contributed by atoms with Gasteiger partial charge in [-0.15, -0.1) is 0 Å². The minimum atomic E-state index is -4.51. The van der Waals surface area contributed by atoms with E-state index < -0.39 is 17.8 Å². The third-order valence-electron chi connectivity index (χ3n) is 4.35. The van der Waals surface area contributed by atoms with Gasteiger partial charge >= 0.3 is 6.18 Å². The second-order valence-corrected chi connectivity index (χ2v) is 6.89. The molecule has 0 unspecified atom stereocenters. The fourth-order valence-electron chi connectivity index (χ4n) is 2.98. The number of nitrogens with two attached hydrogens (primary N) is 1. The monoisotopic (exact) mass is 426 g/mol. The first-order valence-electron chi connectivity index (χ1n) is 8.73. The lowest BCUT2D eigenvalue weighted by atomic mass is 9.97. The van der Waals surface area contributed by atoms with Crippen molar-refractivity contribution in [1.29, 1.82) is 0 Å². The molecule has 0 saturated heterocycles. The maximum absolute atomic E-state index is 13.3. The lowest BCUT2D eigenvalue weighted by molar-refractivity contribution is -0.139. The summed E-state index contributed by atoms with van der Waals surface area (Å²) in [6, 6.07) is 4.72. The Morgan fingerprint density at radius 1 is 1.34 bits per heavy atom. The summed E-state index contributed by atoms with van der Waals surface area (Å²) in [5.41, 5.74) is 5.42. The molecule has 0 spiro atoms. The van der Waals surface area contributed by atoms with Crippen LogP contribution < -0.4 is 11.3 Å². The SMILES string of the molecule is C[C@@H](N)c1cccc(C(F)(F)F)c1COCCc1nc2cnc(Cl)cc2c(=O)[nH]1. The minimum Gasteiger partial charge on any atom is -0.376 e. The lowest BCUT2D eigenvalue weighted by Crippen LogP contribution is -2.17. The normalized spacial score (nSPS) is 13.0. The van der Waals surface area contributed by atoms with Crippen molar-refractivity contribution in [2.75, 3.05) is 6.61 Å². The van der Waals surface area contributed by atoms with Crippen LogP contribution in [-0.2, 0) is 23.9 Å². The molecule has 0 amide bonds. The van der Waals surface area contributed by atoms with Crippen LogP contribution in [0.1, 0.15) is 35.5 Å². The lowest BCUT2D eigenvalue weighted by Gasteiger charge is -2.19. The van der Waals surface area contributed by atoms with E-state index in [4.69, 9.17) is 22.1 Å². The molecule has 0 saturated carbocycles. The molecule has 0 radical (unpaired) electrons. The molecule has 2 heterocycles. The van der Waals surface area contributed by atoms with Crippen LogP contribution in [-0.4, -0.2) is 21.6 Å². The van der Waals surface area contributed by atoms with Gasteiger partial charge in [0.1, 0.15) is 11.0 Å². The third kappa shape index (κ3) is 4.92. The van der Waals surface area contributed by atoms with E-state index >= 15 is 0 Å². The Morgan fingerprint density at radius 3 is 2.79 bits per heavy atom. The smallest absolute Gasteiger partial charge is 0.376 e. The van der Waals surface area contributed by atoms with E-state index in [2.05, 4.69) is 15.0 Å². The molecular weight excluding hydrogens is 409 g/mol. The van der Waals surface area contributed by atoms with Gasteiger partial charge < -0.3 is 15.5 Å². The number of benzene rings is 1. The molecule has 154 valence electrons. The van der Waals surface area contributed by atoms with Crippen LogP contribution in [0.4, 0.5) is 13.2 Å². The number of nitrogens with one attached hydrogen (secondary N) is 1. The Kier molecular flexibility index (Phi) is 6.21. The highest BCUT2D eigenvalue weighted by Gasteiger charge is 2.34. The van der Waals surface area contributed by atoms with Crippen LogP contribution in [0, 0.1) is 0 Å². The highest BCUT2D eigenvalue weighted by molar-refractivity contribution is 6.30. The van der Waals surface area contributed by atoms with Crippen LogP contribution in [0.25, 0.3) is 10.9 Å². The number of ether oxygens (including phenoxy) is 1. The Bertz CT molecular complexity index is 1080. The van der Waals surface area contributed by atoms with Gasteiger partial charge in [-0.2, -0.15) is 13.2 Å². The van der Waals surface area contributed by atoms with Gasteiger partial charge in [-0.05, 0) is 30.2 Å². The number of halogens is 4. The quantitative estimate of drug-likeness (QED) is 0.462. The summed E-state index contributed by atoms with van der Waals surface area (Å²) in [6.07, 6.45) is -2.93. The Hall–Kier alpha value is -2.49. The number of nitrogens with zero attached hydrogens (tertiary/aromatic N) is 2. The highest BCUT2D eigenvalue weighted by Crippen LogP contribution is 2.35. The topological polar surface area (TPSA) is 93.9 Å². The van der Waals surface area contributed by atoms with E-state index in [1.807, 2.05) is 0 Å². The van der Waals surface area contributed by atoms with Crippen LogP contribution in [0.2, 0.25) is 5.15 Å². The first-order valence-corrected chi connectivity index (χ1v) is 9.11. The van der Waals surface area contributed by atoms with Gasteiger partial charge in [0.2, 0.25) is 0 Å². The number of aromatic amines is 1. The van der Waals surface area contributed by atoms with E-state index in [0.717, 1.165) is 6.07 Å². The average Bonchev–Trinajstić information content (AvgIpc) is 2.65. The second kappa shape index (κ2) is 8.48. The summed E-state index contributed by atoms with van der Waals surface area (Å²) in [4.78, 5) is 22.9. The molecule has 1 aromatic carbocycles. The number of fused-ring (bicyclic) bond motifs is 1. The predicted octanol–water partition coefficient (Wildman–Crippen LogP) is 3.77. The van der Waals surface area contributed by atoms with Gasteiger partial charge in [-0.25, -0.2) is 9.97 Å². The number of rotatable bonds is 6. The molecule has 0 fully saturated rings. The number of H-pyrrole nitrogens is 1. The molecule has 0 aliphatic heterocycles. The summed E-state index contributed by atoms with van der Waals surface area (Å²) < 4.78 is 45.4. The maximum atomic E-state index is 13.3.